The lowest BCUT2D eigenvalue weighted by molar-refractivity contribution is -0.145. The zero-order valence-corrected chi connectivity index (χ0v) is 11.3. The fourth-order valence-corrected chi connectivity index (χ4v) is 2.26. The van der Waals surface area contributed by atoms with Gasteiger partial charge >= 0.3 is 0 Å². The van der Waals surface area contributed by atoms with Gasteiger partial charge in [0.25, 0.3) is 0 Å². The number of carbonyl (C=O) groups excluding carboxylic acids is 2. The molecule has 5 heteroatoms. The van der Waals surface area contributed by atoms with E-state index in [1.165, 1.54) is 0 Å². The van der Waals surface area contributed by atoms with Crippen molar-refractivity contribution in [3.8, 4) is 0 Å². The van der Waals surface area contributed by atoms with Gasteiger partial charge < -0.3 is 10.2 Å². The van der Waals surface area contributed by atoms with Crippen LogP contribution in [0.5, 0.6) is 0 Å². The van der Waals surface area contributed by atoms with Crippen molar-refractivity contribution >= 4 is 11.8 Å². The fraction of sp³-hybridized carbons (Fsp3) is 0.500. The fourth-order valence-electron chi connectivity index (χ4n) is 2.26. The van der Waals surface area contributed by atoms with E-state index in [0.717, 1.165) is 17.5 Å². The van der Waals surface area contributed by atoms with Crippen molar-refractivity contribution in [2.24, 2.45) is 0 Å². The number of pyridine rings is 1. The summed E-state index contributed by atoms with van der Waals surface area (Å²) in [6, 6.07) is 1.54. The first-order valence-corrected chi connectivity index (χ1v) is 6.59. The summed E-state index contributed by atoms with van der Waals surface area (Å²) in [6.45, 7) is 4.57. The van der Waals surface area contributed by atoms with Gasteiger partial charge in [0.05, 0.1) is 6.54 Å². The summed E-state index contributed by atoms with van der Waals surface area (Å²) in [5.74, 6) is -0.0794. The molecule has 0 aromatic carbocycles. The molecule has 1 aliphatic heterocycles. The van der Waals surface area contributed by atoms with Crippen LogP contribution in [0.4, 0.5) is 0 Å². The van der Waals surface area contributed by atoms with Crippen molar-refractivity contribution in [3.63, 3.8) is 0 Å². The zero-order valence-electron chi connectivity index (χ0n) is 11.3. The highest BCUT2D eigenvalue weighted by atomic mass is 16.2. The average Bonchev–Trinajstić information content (AvgIpc) is 2.38. The van der Waals surface area contributed by atoms with Crippen LogP contribution >= 0.6 is 0 Å². The lowest BCUT2D eigenvalue weighted by atomic mass is 10.1. The van der Waals surface area contributed by atoms with Crippen molar-refractivity contribution < 1.29 is 9.59 Å². The second kappa shape index (κ2) is 5.82. The van der Waals surface area contributed by atoms with E-state index in [-0.39, 0.29) is 24.4 Å². The molecule has 1 saturated heterocycles. The van der Waals surface area contributed by atoms with Gasteiger partial charge in [-0.3, -0.25) is 14.6 Å². The third-order valence-corrected chi connectivity index (χ3v) is 3.37. The second-order valence-electron chi connectivity index (χ2n) is 4.91. The van der Waals surface area contributed by atoms with Crippen LogP contribution in [0.25, 0.3) is 0 Å². The monoisotopic (exact) mass is 261 g/mol. The number of nitrogens with one attached hydrogen (secondary N) is 1. The van der Waals surface area contributed by atoms with Gasteiger partial charge in [-0.25, -0.2) is 0 Å². The Morgan fingerprint density at radius 3 is 2.95 bits per heavy atom. The van der Waals surface area contributed by atoms with E-state index in [4.69, 9.17) is 0 Å². The molecule has 19 heavy (non-hydrogen) atoms. The quantitative estimate of drug-likeness (QED) is 0.880. The summed E-state index contributed by atoms with van der Waals surface area (Å²) in [5, 5.41) is 2.75. The van der Waals surface area contributed by atoms with E-state index < -0.39 is 0 Å². The number of nitrogens with zero attached hydrogens (tertiary/aromatic N) is 2. The van der Waals surface area contributed by atoms with E-state index in [9.17, 15) is 9.59 Å². The van der Waals surface area contributed by atoms with Crippen molar-refractivity contribution in [3.05, 3.63) is 29.6 Å². The maximum absolute atomic E-state index is 12.3. The number of rotatable bonds is 4. The van der Waals surface area contributed by atoms with Gasteiger partial charge in [0, 0.05) is 18.9 Å². The summed E-state index contributed by atoms with van der Waals surface area (Å²) in [4.78, 5) is 29.6. The standard InChI is InChI=1S/C14H19N3O2/c1-3-4-12-14(19)17(9-13(18)16-12)8-11-7-15-6-5-10(11)2/h5-7,12H,3-4,8-9H2,1-2H3,(H,16,18). The molecule has 1 fully saturated rings. The molecule has 2 amide bonds. The molecular weight excluding hydrogens is 242 g/mol. The third-order valence-electron chi connectivity index (χ3n) is 3.37. The molecule has 1 unspecified atom stereocenters. The molecule has 102 valence electrons. The van der Waals surface area contributed by atoms with Crippen molar-refractivity contribution in [2.45, 2.75) is 39.3 Å². The largest absolute Gasteiger partial charge is 0.343 e. The van der Waals surface area contributed by atoms with E-state index in [1.54, 1.807) is 17.3 Å². The van der Waals surface area contributed by atoms with Gasteiger partial charge in [-0.1, -0.05) is 13.3 Å². The van der Waals surface area contributed by atoms with E-state index in [1.807, 2.05) is 19.9 Å². The average molecular weight is 261 g/mol. The number of amides is 2. The smallest absolute Gasteiger partial charge is 0.245 e. The summed E-state index contributed by atoms with van der Waals surface area (Å²) >= 11 is 0. The van der Waals surface area contributed by atoms with Crippen LogP contribution in [0.2, 0.25) is 0 Å². The van der Waals surface area contributed by atoms with Crippen LogP contribution in [0.1, 0.15) is 30.9 Å². The summed E-state index contributed by atoms with van der Waals surface area (Å²) in [6.07, 6.45) is 5.04. The lowest BCUT2D eigenvalue weighted by Crippen LogP contribution is -2.57. The molecule has 0 bridgehead atoms. The van der Waals surface area contributed by atoms with Gasteiger partial charge in [-0.2, -0.15) is 0 Å². The highest BCUT2D eigenvalue weighted by Gasteiger charge is 2.31. The number of hydrogen-bond donors (Lipinski definition) is 1. The van der Waals surface area contributed by atoms with E-state index in [2.05, 4.69) is 10.3 Å². The number of aromatic nitrogens is 1. The number of aryl methyl sites for hydroxylation is 1. The minimum atomic E-state index is -0.372. The molecule has 1 N–H and O–H groups in total. The molecule has 0 saturated carbocycles. The second-order valence-corrected chi connectivity index (χ2v) is 4.91. The number of carbonyl (C=O) groups is 2. The predicted octanol–water partition coefficient (Wildman–Crippen LogP) is 1.02. The molecule has 5 nitrogen and oxygen atoms in total. The topological polar surface area (TPSA) is 62.3 Å². The third kappa shape index (κ3) is 3.10. The minimum Gasteiger partial charge on any atom is -0.343 e. The summed E-state index contributed by atoms with van der Waals surface area (Å²) in [7, 11) is 0. The van der Waals surface area contributed by atoms with Gasteiger partial charge in [0.1, 0.15) is 6.04 Å². The first-order chi connectivity index (χ1) is 9.11. The Kier molecular flexibility index (Phi) is 4.14. The Balaban J connectivity index is 2.12. The normalized spacial score (nSPS) is 19.5. The highest BCUT2D eigenvalue weighted by Crippen LogP contribution is 2.14. The van der Waals surface area contributed by atoms with E-state index >= 15 is 0 Å². The molecule has 2 rings (SSSR count). The first-order valence-electron chi connectivity index (χ1n) is 6.59. The Hall–Kier alpha value is -1.91. The maximum atomic E-state index is 12.3. The van der Waals surface area contributed by atoms with Gasteiger partial charge in [0.2, 0.25) is 11.8 Å². The lowest BCUT2D eigenvalue weighted by Gasteiger charge is -2.32. The molecule has 0 radical (unpaired) electrons. The van der Waals surface area contributed by atoms with Gasteiger partial charge in [-0.05, 0) is 30.5 Å². The molecule has 1 aromatic heterocycles. The van der Waals surface area contributed by atoms with Crippen LogP contribution in [-0.2, 0) is 16.1 Å². The minimum absolute atomic E-state index is 0.00435. The summed E-state index contributed by atoms with van der Waals surface area (Å²) < 4.78 is 0. The van der Waals surface area contributed by atoms with Crippen LogP contribution in [0, 0.1) is 6.92 Å². The van der Waals surface area contributed by atoms with Crippen molar-refractivity contribution in [1.82, 2.24) is 15.2 Å². The molecule has 1 aromatic rings. The molecular formula is C14H19N3O2. The van der Waals surface area contributed by atoms with Gasteiger partial charge in [0.15, 0.2) is 0 Å². The van der Waals surface area contributed by atoms with Gasteiger partial charge in [-0.15, -0.1) is 0 Å². The Morgan fingerprint density at radius 2 is 2.26 bits per heavy atom. The predicted molar refractivity (Wildman–Crippen MR) is 71.2 cm³/mol. The molecule has 1 atom stereocenters. The first kappa shape index (κ1) is 13.5. The summed E-state index contributed by atoms with van der Waals surface area (Å²) in [5.41, 5.74) is 2.07. The highest BCUT2D eigenvalue weighted by molar-refractivity contribution is 5.94. The van der Waals surface area contributed by atoms with Crippen LogP contribution < -0.4 is 5.32 Å². The maximum Gasteiger partial charge on any atom is 0.245 e. The van der Waals surface area contributed by atoms with Crippen LogP contribution in [-0.4, -0.2) is 34.3 Å². The molecule has 1 aliphatic rings. The Labute approximate surface area is 113 Å². The van der Waals surface area contributed by atoms with E-state index in [0.29, 0.717) is 13.0 Å². The number of piperazine rings is 1. The van der Waals surface area contributed by atoms with Crippen LogP contribution in [0.15, 0.2) is 18.5 Å². The molecule has 0 aliphatic carbocycles. The molecule has 2 heterocycles. The Morgan fingerprint density at radius 1 is 1.47 bits per heavy atom. The van der Waals surface area contributed by atoms with Crippen molar-refractivity contribution in [2.75, 3.05) is 6.54 Å². The van der Waals surface area contributed by atoms with Crippen LogP contribution in [0.3, 0.4) is 0 Å². The van der Waals surface area contributed by atoms with Crippen molar-refractivity contribution in [1.29, 1.82) is 0 Å². The SMILES string of the molecule is CCCC1NC(=O)CN(Cc2cnccc2C)C1=O. The Bertz CT molecular complexity index is 487. The zero-order chi connectivity index (χ0) is 13.8. The molecule has 0 spiro atoms. The number of hydrogen-bond acceptors (Lipinski definition) is 3.